The van der Waals surface area contributed by atoms with E-state index >= 15 is 0 Å². The van der Waals surface area contributed by atoms with Crippen LogP contribution in [0.5, 0.6) is 0 Å². The molecular weight excluding hydrogens is 186 g/mol. The van der Waals surface area contributed by atoms with Gasteiger partial charge in [-0.1, -0.05) is 4.49 Å². The quantitative estimate of drug-likeness (QED) is 0.688. The maximum Gasteiger partial charge on any atom is 0.139 e. The molecule has 1 aromatic heterocycles. The van der Waals surface area contributed by atoms with E-state index in [9.17, 15) is 0 Å². The van der Waals surface area contributed by atoms with E-state index in [4.69, 9.17) is 0 Å². The molecule has 1 aliphatic rings. The Morgan fingerprint density at radius 2 is 2.62 bits per heavy atom. The summed E-state index contributed by atoms with van der Waals surface area (Å²) in [4.78, 5) is 2.33. The standard InChI is InChI=1S/C7H13N5S/c1-12-3-2-8-6(5-12)4-7-9-10-11-13-7/h6,8H,2-5H2,1H3. The summed E-state index contributed by atoms with van der Waals surface area (Å²) < 4.78 is 3.75. The minimum atomic E-state index is 0.508. The van der Waals surface area contributed by atoms with Crippen molar-refractivity contribution in [2.24, 2.45) is 0 Å². The molecule has 5 nitrogen and oxygen atoms in total. The van der Waals surface area contributed by atoms with Crippen molar-refractivity contribution in [3.63, 3.8) is 0 Å². The normalized spacial score (nSPS) is 24.8. The first-order valence-corrected chi connectivity index (χ1v) is 5.18. The lowest BCUT2D eigenvalue weighted by atomic mass is 10.1. The van der Waals surface area contributed by atoms with E-state index < -0.39 is 0 Å². The first-order valence-electron chi connectivity index (χ1n) is 4.40. The van der Waals surface area contributed by atoms with Crippen LogP contribution in [-0.2, 0) is 6.42 Å². The number of nitrogens with one attached hydrogen (secondary N) is 1. The van der Waals surface area contributed by atoms with E-state index in [1.807, 2.05) is 0 Å². The molecule has 1 fully saturated rings. The summed E-state index contributed by atoms with van der Waals surface area (Å²) >= 11 is 1.39. The summed E-state index contributed by atoms with van der Waals surface area (Å²) in [7, 11) is 2.15. The molecule has 1 aliphatic heterocycles. The molecule has 0 bridgehead atoms. The van der Waals surface area contributed by atoms with Crippen LogP contribution in [0.25, 0.3) is 0 Å². The van der Waals surface area contributed by atoms with E-state index in [0.29, 0.717) is 6.04 Å². The monoisotopic (exact) mass is 199 g/mol. The zero-order valence-electron chi connectivity index (χ0n) is 7.60. The average Bonchev–Trinajstić information content (AvgIpc) is 2.57. The van der Waals surface area contributed by atoms with E-state index in [-0.39, 0.29) is 0 Å². The third kappa shape index (κ3) is 2.43. The maximum absolute atomic E-state index is 3.93. The SMILES string of the molecule is CN1CCNC(Cc2nnns2)C1. The lowest BCUT2D eigenvalue weighted by Gasteiger charge is -2.30. The van der Waals surface area contributed by atoms with Crippen LogP contribution in [0.1, 0.15) is 5.01 Å². The first kappa shape index (κ1) is 8.98. The number of likely N-dealkylation sites (N-methyl/N-ethyl adjacent to an activating group) is 1. The van der Waals surface area contributed by atoms with Crippen molar-refractivity contribution < 1.29 is 0 Å². The number of hydrogen-bond acceptors (Lipinski definition) is 6. The van der Waals surface area contributed by atoms with Gasteiger partial charge in [-0.05, 0) is 12.3 Å². The van der Waals surface area contributed by atoms with Crippen LogP contribution in [0.4, 0.5) is 0 Å². The van der Waals surface area contributed by atoms with E-state index in [1.165, 1.54) is 11.5 Å². The Morgan fingerprint density at radius 1 is 1.69 bits per heavy atom. The molecule has 72 valence electrons. The second-order valence-corrected chi connectivity index (χ2v) is 4.19. The van der Waals surface area contributed by atoms with E-state index in [1.54, 1.807) is 0 Å². The fourth-order valence-corrected chi connectivity index (χ4v) is 2.08. The van der Waals surface area contributed by atoms with Crippen LogP contribution in [-0.4, -0.2) is 52.4 Å². The van der Waals surface area contributed by atoms with Crippen LogP contribution in [0.2, 0.25) is 0 Å². The average molecular weight is 199 g/mol. The molecule has 6 heteroatoms. The third-order valence-corrected chi connectivity index (χ3v) is 2.83. The van der Waals surface area contributed by atoms with Gasteiger partial charge in [-0.3, -0.25) is 0 Å². The molecule has 1 atom stereocenters. The van der Waals surface area contributed by atoms with Crippen LogP contribution in [0.15, 0.2) is 0 Å². The molecule has 0 radical (unpaired) electrons. The van der Waals surface area contributed by atoms with Crippen molar-refractivity contribution in [3.05, 3.63) is 5.01 Å². The van der Waals surface area contributed by atoms with Crippen LogP contribution < -0.4 is 5.32 Å². The van der Waals surface area contributed by atoms with Gasteiger partial charge in [-0.2, -0.15) is 0 Å². The third-order valence-electron chi connectivity index (χ3n) is 2.22. The van der Waals surface area contributed by atoms with Crippen LogP contribution >= 0.6 is 11.5 Å². The highest BCUT2D eigenvalue weighted by Crippen LogP contribution is 2.05. The number of hydrogen-bond donors (Lipinski definition) is 1. The summed E-state index contributed by atoms with van der Waals surface area (Å²) in [5.41, 5.74) is 0. The zero-order chi connectivity index (χ0) is 9.10. The van der Waals surface area contributed by atoms with Crippen molar-refractivity contribution in [1.82, 2.24) is 25.0 Å². The van der Waals surface area contributed by atoms with E-state index in [2.05, 4.69) is 32.1 Å². The largest absolute Gasteiger partial charge is 0.311 e. The molecule has 2 rings (SSSR count). The number of aromatic nitrogens is 3. The second kappa shape index (κ2) is 4.08. The molecule has 1 aromatic rings. The zero-order valence-corrected chi connectivity index (χ0v) is 8.42. The minimum absolute atomic E-state index is 0.508. The summed E-state index contributed by atoms with van der Waals surface area (Å²) in [6.07, 6.45) is 0.946. The Balaban J connectivity index is 1.87. The summed E-state index contributed by atoms with van der Waals surface area (Å²) in [6, 6.07) is 0.508. The van der Waals surface area contributed by atoms with Gasteiger partial charge in [0, 0.05) is 43.6 Å². The molecule has 1 unspecified atom stereocenters. The van der Waals surface area contributed by atoms with Gasteiger partial charge in [-0.25, -0.2) is 0 Å². The molecule has 1 N–H and O–H groups in total. The van der Waals surface area contributed by atoms with Crippen LogP contribution in [0.3, 0.4) is 0 Å². The molecule has 2 heterocycles. The maximum atomic E-state index is 3.93. The van der Waals surface area contributed by atoms with E-state index in [0.717, 1.165) is 31.1 Å². The Bertz CT molecular complexity index is 249. The topological polar surface area (TPSA) is 53.9 Å². The number of rotatable bonds is 2. The van der Waals surface area contributed by atoms with Gasteiger partial charge in [0.25, 0.3) is 0 Å². The summed E-state index contributed by atoms with van der Waals surface area (Å²) in [5.74, 6) is 0. The summed E-state index contributed by atoms with van der Waals surface area (Å²) in [6.45, 7) is 3.28. The molecule has 13 heavy (non-hydrogen) atoms. The minimum Gasteiger partial charge on any atom is -0.311 e. The fraction of sp³-hybridized carbons (Fsp3) is 0.857. The van der Waals surface area contributed by atoms with Crippen molar-refractivity contribution in [1.29, 1.82) is 0 Å². The van der Waals surface area contributed by atoms with Gasteiger partial charge in [0.2, 0.25) is 0 Å². The van der Waals surface area contributed by atoms with Gasteiger partial charge in [0.1, 0.15) is 5.01 Å². The van der Waals surface area contributed by atoms with Crippen molar-refractivity contribution in [3.8, 4) is 0 Å². The molecule has 0 aromatic carbocycles. The summed E-state index contributed by atoms with van der Waals surface area (Å²) in [5, 5.41) is 12.0. The Morgan fingerprint density at radius 3 is 3.31 bits per heavy atom. The lowest BCUT2D eigenvalue weighted by molar-refractivity contribution is 0.238. The Labute approximate surface area is 81.3 Å². The fourth-order valence-electron chi connectivity index (χ4n) is 1.57. The van der Waals surface area contributed by atoms with Crippen molar-refractivity contribution >= 4 is 11.5 Å². The molecule has 0 saturated carbocycles. The van der Waals surface area contributed by atoms with Crippen molar-refractivity contribution in [2.45, 2.75) is 12.5 Å². The van der Waals surface area contributed by atoms with Crippen molar-refractivity contribution in [2.75, 3.05) is 26.7 Å². The lowest BCUT2D eigenvalue weighted by Crippen LogP contribution is -2.49. The molecule has 0 aliphatic carbocycles. The smallest absolute Gasteiger partial charge is 0.139 e. The number of nitrogens with zero attached hydrogens (tertiary/aromatic N) is 4. The van der Waals surface area contributed by atoms with Gasteiger partial charge in [0.15, 0.2) is 0 Å². The van der Waals surface area contributed by atoms with Gasteiger partial charge in [0.05, 0.1) is 0 Å². The van der Waals surface area contributed by atoms with Gasteiger partial charge in [-0.15, -0.1) is 5.10 Å². The molecule has 1 saturated heterocycles. The number of piperazine rings is 1. The highest BCUT2D eigenvalue weighted by molar-refractivity contribution is 7.05. The predicted octanol–water partition coefficient (Wildman–Crippen LogP) is -0.621. The van der Waals surface area contributed by atoms with Gasteiger partial charge >= 0.3 is 0 Å². The molecule has 0 amide bonds. The second-order valence-electron chi connectivity index (χ2n) is 3.37. The Hall–Kier alpha value is -0.590. The van der Waals surface area contributed by atoms with Crippen LogP contribution in [0, 0.1) is 0 Å². The highest BCUT2D eigenvalue weighted by Gasteiger charge is 2.17. The molecule has 0 spiro atoms. The Kier molecular flexibility index (Phi) is 2.82. The predicted molar refractivity (Wildman–Crippen MR) is 50.7 cm³/mol. The van der Waals surface area contributed by atoms with Gasteiger partial charge < -0.3 is 10.2 Å². The highest BCUT2D eigenvalue weighted by atomic mass is 32.1. The first-order chi connectivity index (χ1) is 6.34. The molecular formula is C7H13N5S.